The molecule has 0 saturated heterocycles. The maximum atomic E-state index is 12.1. The molecule has 1 N–H and O–H groups in total. The molecule has 1 amide bonds. The molecule has 0 aliphatic heterocycles. The molecule has 2 aromatic carbocycles. The van der Waals surface area contributed by atoms with Gasteiger partial charge in [-0.25, -0.2) is 4.79 Å². The zero-order valence-corrected chi connectivity index (χ0v) is 14.5. The topological polar surface area (TPSA) is 64.6 Å². The third-order valence-corrected chi connectivity index (χ3v) is 3.51. The minimum atomic E-state index is -0.559. The fourth-order valence-corrected chi connectivity index (χ4v) is 2.35. The summed E-state index contributed by atoms with van der Waals surface area (Å²) in [6, 6.07) is 16.0. The van der Waals surface area contributed by atoms with Gasteiger partial charge in [0.25, 0.3) is 5.91 Å². The highest BCUT2D eigenvalue weighted by Gasteiger charge is 2.12. The van der Waals surface area contributed by atoms with Gasteiger partial charge < -0.3 is 14.8 Å². The molecule has 0 unspecified atom stereocenters. The number of hydrogen-bond acceptors (Lipinski definition) is 4. The van der Waals surface area contributed by atoms with Crippen LogP contribution < -0.4 is 10.1 Å². The van der Waals surface area contributed by atoms with Gasteiger partial charge >= 0.3 is 5.97 Å². The number of hydrogen-bond donors (Lipinski definition) is 1. The average molecular weight is 341 g/mol. The Morgan fingerprint density at radius 2 is 1.76 bits per heavy atom. The zero-order chi connectivity index (χ0) is 18.1. The highest BCUT2D eigenvalue weighted by atomic mass is 16.5. The van der Waals surface area contributed by atoms with Crippen molar-refractivity contribution in [2.45, 2.75) is 32.7 Å². The molecule has 0 aliphatic carbocycles. The molecular weight excluding hydrogens is 318 g/mol. The second-order valence-corrected chi connectivity index (χ2v) is 5.78. The van der Waals surface area contributed by atoms with E-state index in [2.05, 4.69) is 5.32 Å². The van der Waals surface area contributed by atoms with Crippen LogP contribution >= 0.6 is 0 Å². The second kappa shape index (κ2) is 9.47. The zero-order valence-electron chi connectivity index (χ0n) is 14.5. The van der Waals surface area contributed by atoms with Gasteiger partial charge in [0.1, 0.15) is 11.5 Å². The van der Waals surface area contributed by atoms with E-state index in [1.807, 2.05) is 44.2 Å². The molecule has 0 bridgehead atoms. The van der Waals surface area contributed by atoms with Crippen molar-refractivity contribution in [2.24, 2.45) is 0 Å². The molecular formula is C20H23NO4. The molecule has 0 radical (unpaired) electrons. The van der Waals surface area contributed by atoms with E-state index in [0.717, 1.165) is 12.8 Å². The summed E-state index contributed by atoms with van der Waals surface area (Å²) < 4.78 is 10.8. The van der Waals surface area contributed by atoms with Crippen molar-refractivity contribution in [1.29, 1.82) is 0 Å². The van der Waals surface area contributed by atoms with Crippen LogP contribution in [-0.4, -0.2) is 24.5 Å². The number of nitrogens with one attached hydrogen (secondary N) is 1. The van der Waals surface area contributed by atoms with Gasteiger partial charge in [0.15, 0.2) is 6.61 Å². The first-order chi connectivity index (χ1) is 12.1. The third kappa shape index (κ3) is 6.30. The molecule has 2 aromatic rings. The van der Waals surface area contributed by atoms with E-state index < -0.39 is 5.97 Å². The Bertz CT molecular complexity index is 700. The maximum absolute atomic E-state index is 12.1. The quantitative estimate of drug-likeness (QED) is 0.739. The normalized spacial score (nSPS) is 11.4. The molecule has 5 heteroatoms. The minimum absolute atomic E-state index is 0.0683. The predicted octanol–water partition coefficient (Wildman–Crippen LogP) is 3.94. The van der Waals surface area contributed by atoms with Gasteiger partial charge in [0.2, 0.25) is 0 Å². The number of carbonyl (C=O) groups excluding carboxylic acids is 2. The molecule has 0 aliphatic rings. The van der Waals surface area contributed by atoms with Crippen molar-refractivity contribution >= 4 is 11.9 Å². The Kier molecular flexibility index (Phi) is 7.01. The lowest BCUT2D eigenvalue weighted by molar-refractivity contribution is -0.124. The summed E-state index contributed by atoms with van der Waals surface area (Å²) in [4.78, 5) is 23.9. The van der Waals surface area contributed by atoms with Crippen molar-refractivity contribution in [3.8, 4) is 11.5 Å². The van der Waals surface area contributed by atoms with Gasteiger partial charge in [-0.2, -0.15) is 0 Å². The Labute approximate surface area is 148 Å². The van der Waals surface area contributed by atoms with Crippen molar-refractivity contribution in [2.75, 3.05) is 6.61 Å². The van der Waals surface area contributed by atoms with Crippen molar-refractivity contribution in [1.82, 2.24) is 5.32 Å². The molecule has 0 heterocycles. The largest absolute Gasteiger partial charge is 0.457 e. The van der Waals surface area contributed by atoms with Crippen LogP contribution in [0.1, 0.15) is 37.0 Å². The van der Waals surface area contributed by atoms with E-state index in [1.165, 1.54) is 0 Å². The molecule has 0 spiro atoms. The predicted molar refractivity (Wildman–Crippen MR) is 95.8 cm³/mol. The number of esters is 1. The molecule has 132 valence electrons. The van der Waals surface area contributed by atoms with Crippen LogP contribution in [0.15, 0.2) is 54.6 Å². The molecule has 0 fully saturated rings. The van der Waals surface area contributed by atoms with Crippen molar-refractivity contribution < 1.29 is 19.1 Å². The van der Waals surface area contributed by atoms with Gasteiger partial charge in [0.05, 0.1) is 5.56 Å². The number of amides is 1. The number of benzene rings is 2. The molecule has 25 heavy (non-hydrogen) atoms. The number of rotatable bonds is 8. The van der Waals surface area contributed by atoms with Gasteiger partial charge in [-0.3, -0.25) is 4.79 Å². The fourth-order valence-electron chi connectivity index (χ4n) is 2.35. The standard InChI is InChI=1S/C20H23NO4/c1-3-8-15(2)21-19(22)14-24-20(23)16-9-7-12-18(13-16)25-17-10-5-4-6-11-17/h4-7,9-13,15H,3,8,14H2,1-2H3,(H,21,22)/t15-/m0/s1. The lowest BCUT2D eigenvalue weighted by Crippen LogP contribution is -2.35. The third-order valence-electron chi connectivity index (χ3n) is 3.51. The summed E-state index contributed by atoms with van der Waals surface area (Å²) in [5.74, 6) is 0.349. The number of carbonyl (C=O) groups is 2. The first-order valence-corrected chi connectivity index (χ1v) is 8.38. The van der Waals surface area contributed by atoms with Gasteiger partial charge in [-0.1, -0.05) is 37.6 Å². The Hall–Kier alpha value is -2.82. The van der Waals surface area contributed by atoms with Crippen molar-refractivity contribution in [3.63, 3.8) is 0 Å². The van der Waals surface area contributed by atoms with Crippen LogP contribution in [0, 0.1) is 0 Å². The van der Waals surface area contributed by atoms with Crippen LogP contribution in [0.2, 0.25) is 0 Å². The highest BCUT2D eigenvalue weighted by Crippen LogP contribution is 2.22. The van der Waals surface area contributed by atoms with E-state index >= 15 is 0 Å². The number of ether oxygens (including phenoxy) is 2. The summed E-state index contributed by atoms with van der Waals surface area (Å²) in [6.45, 7) is 3.68. The van der Waals surface area contributed by atoms with Crippen molar-refractivity contribution in [3.05, 3.63) is 60.2 Å². The van der Waals surface area contributed by atoms with E-state index in [-0.39, 0.29) is 18.6 Å². The van der Waals surface area contributed by atoms with E-state index in [4.69, 9.17) is 9.47 Å². The van der Waals surface area contributed by atoms with Crippen LogP contribution in [0.3, 0.4) is 0 Å². The molecule has 1 atom stereocenters. The lowest BCUT2D eigenvalue weighted by atomic mass is 10.2. The maximum Gasteiger partial charge on any atom is 0.338 e. The fraction of sp³-hybridized carbons (Fsp3) is 0.300. The second-order valence-electron chi connectivity index (χ2n) is 5.78. The molecule has 0 aromatic heterocycles. The highest BCUT2D eigenvalue weighted by molar-refractivity contribution is 5.91. The van der Waals surface area contributed by atoms with Crippen LogP contribution in [-0.2, 0) is 9.53 Å². The summed E-state index contributed by atoms with van der Waals surface area (Å²) in [6.07, 6.45) is 1.87. The summed E-state index contributed by atoms with van der Waals surface area (Å²) in [5.41, 5.74) is 0.336. The van der Waals surface area contributed by atoms with Crippen LogP contribution in [0.25, 0.3) is 0 Å². The van der Waals surface area contributed by atoms with Crippen LogP contribution in [0.5, 0.6) is 11.5 Å². The Morgan fingerprint density at radius 1 is 1.04 bits per heavy atom. The summed E-state index contributed by atoms with van der Waals surface area (Å²) in [7, 11) is 0. The monoisotopic (exact) mass is 341 g/mol. The van der Waals surface area contributed by atoms with Gasteiger partial charge in [-0.15, -0.1) is 0 Å². The molecule has 2 rings (SSSR count). The summed E-state index contributed by atoms with van der Waals surface area (Å²) in [5, 5.41) is 2.79. The first kappa shape index (κ1) is 18.5. The number of para-hydroxylation sites is 1. The van der Waals surface area contributed by atoms with Gasteiger partial charge in [0, 0.05) is 6.04 Å². The minimum Gasteiger partial charge on any atom is -0.457 e. The average Bonchev–Trinajstić information content (AvgIpc) is 2.61. The molecule has 5 nitrogen and oxygen atoms in total. The Morgan fingerprint density at radius 3 is 2.48 bits per heavy atom. The molecule has 0 saturated carbocycles. The Balaban J connectivity index is 1.89. The SMILES string of the molecule is CCC[C@H](C)NC(=O)COC(=O)c1cccc(Oc2ccccc2)c1. The van der Waals surface area contributed by atoms with E-state index in [1.54, 1.807) is 24.3 Å². The van der Waals surface area contributed by atoms with Crippen LogP contribution in [0.4, 0.5) is 0 Å². The van der Waals surface area contributed by atoms with Gasteiger partial charge in [-0.05, 0) is 43.7 Å². The smallest absolute Gasteiger partial charge is 0.338 e. The van der Waals surface area contributed by atoms with E-state index in [9.17, 15) is 9.59 Å². The first-order valence-electron chi connectivity index (χ1n) is 8.38. The van der Waals surface area contributed by atoms with E-state index in [0.29, 0.717) is 17.1 Å². The summed E-state index contributed by atoms with van der Waals surface area (Å²) >= 11 is 0. The lowest BCUT2D eigenvalue weighted by Gasteiger charge is -2.13.